The second kappa shape index (κ2) is 6.66. The van der Waals surface area contributed by atoms with Crippen molar-refractivity contribution in [3.8, 4) is 0 Å². The number of hydrogen-bond donors (Lipinski definition) is 1. The molecule has 0 bridgehead atoms. The summed E-state index contributed by atoms with van der Waals surface area (Å²) < 4.78 is 4.63. The topological polar surface area (TPSA) is 49.8 Å². The number of rotatable bonds is 4. The van der Waals surface area contributed by atoms with Crippen molar-refractivity contribution in [3.63, 3.8) is 0 Å². The van der Waals surface area contributed by atoms with Gasteiger partial charge in [-0.3, -0.25) is 4.90 Å². The molecule has 92 valence electrons. The fraction of sp³-hybridized carbons (Fsp3) is 0.750. The maximum Gasteiger partial charge on any atom is 0.333 e. The van der Waals surface area contributed by atoms with E-state index in [1.807, 2.05) is 6.08 Å². The maximum absolute atomic E-state index is 11.2. The summed E-state index contributed by atoms with van der Waals surface area (Å²) in [4.78, 5) is 13.4. The van der Waals surface area contributed by atoms with Crippen LogP contribution in [0.1, 0.15) is 19.8 Å². The van der Waals surface area contributed by atoms with Crippen LogP contribution in [0.15, 0.2) is 11.6 Å². The lowest BCUT2D eigenvalue weighted by Gasteiger charge is -2.30. The van der Waals surface area contributed by atoms with Crippen molar-refractivity contribution in [1.82, 2.24) is 4.90 Å². The Morgan fingerprint density at radius 3 is 3.00 bits per heavy atom. The first-order chi connectivity index (χ1) is 7.67. The molecule has 1 aliphatic heterocycles. The Morgan fingerprint density at radius 2 is 2.38 bits per heavy atom. The second-order valence-electron chi connectivity index (χ2n) is 4.33. The molecule has 0 aromatic heterocycles. The highest BCUT2D eigenvalue weighted by atomic mass is 16.5. The number of carbonyl (C=O) groups excluding carboxylic acids is 1. The third-order valence-corrected chi connectivity index (χ3v) is 3.02. The van der Waals surface area contributed by atoms with Crippen molar-refractivity contribution in [2.24, 2.45) is 5.92 Å². The number of nitrogens with zero attached hydrogens (tertiary/aromatic N) is 1. The number of carbonyl (C=O) groups is 1. The van der Waals surface area contributed by atoms with Crippen LogP contribution in [0.2, 0.25) is 0 Å². The molecule has 0 saturated carbocycles. The highest BCUT2D eigenvalue weighted by molar-refractivity contribution is 5.87. The molecule has 16 heavy (non-hydrogen) atoms. The molecule has 4 heteroatoms. The van der Waals surface area contributed by atoms with Crippen LogP contribution in [0.3, 0.4) is 0 Å². The van der Waals surface area contributed by atoms with Gasteiger partial charge in [-0.2, -0.15) is 0 Å². The van der Waals surface area contributed by atoms with Gasteiger partial charge in [0.15, 0.2) is 0 Å². The normalized spacial score (nSPS) is 23.2. The molecule has 0 aromatic rings. The first-order valence-electron chi connectivity index (χ1n) is 5.75. The van der Waals surface area contributed by atoms with Gasteiger partial charge in [0, 0.05) is 25.3 Å². The molecule has 0 aromatic carbocycles. The molecule has 4 nitrogen and oxygen atoms in total. The summed E-state index contributed by atoms with van der Waals surface area (Å²) in [5.74, 6) is 0.122. The molecule has 0 aliphatic carbocycles. The molecule has 1 saturated heterocycles. The summed E-state index contributed by atoms with van der Waals surface area (Å²) in [6.45, 7) is 4.75. The third kappa shape index (κ3) is 3.94. The van der Waals surface area contributed by atoms with Gasteiger partial charge in [0.1, 0.15) is 0 Å². The first kappa shape index (κ1) is 13.2. The van der Waals surface area contributed by atoms with Gasteiger partial charge < -0.3 is 9.84 Å². The predicted molar refractivity (Wildman–Crippen MR) is 62.0 cm³/mol. The van der Waals surface area contributed by atoms with Gasteiger partial charge in [-0.1, -0.05) is 6.08 Å². The number of likely N-dealkylation sites (tertiary alicyclic amines) is 1. The number of hydrogen-bond acceptors (Lipinski definition) is 4. The zero-order chi connectivity index (χ0) is 12.0. The van der Waals surface area contributed by atoms with Crippen LogP contribution in [0.4, 0.5) is 0 Å². The van der Waals surface area contributed by atoms with E-state index in [0.29, 0.717) is 11.5 Å². The Hall–Kier alpha value is -0.870. The van der Waals surface area contributed by atoms with Crippen LogP contribution in [0.25, 0.3) is 0 Å². The number of ether oxygens (including phenoxy) is 1. The molecule has 1 N–H and O–H groups in total. The predicted octanol–water partition coefficient (Wildman–Crippen LogP) is 0.810. The fourth-order valence-electron chi connectivity index (χ4n) is 1.98. The SMILES string of the molecule is COC(=O)C(C)=CCN1CCCC(CO)C1. The lowest BCUT2D eigenvalue weighted by atomic mass is 9.99. The smallest absolute Gasteiger partial charge is 0.333 e. The van der Waals surface area contributed by atoms with E-state index in [1.165, 1.54) is 7.11 Å². The minimum absolute atomic E-state index is 0.260. The Kier molecular flexibility index (Phi) is 5.49. The van der Waals surface area contributed by atoms with Crippen molar-refractivity contribution in [3.05, 3.63) is 11.6 Å². The zero-order valence-corrected chi connectivity index (χ0v) is 10.1. The van der Waals surface area contributed by atoms with E-state index in [1.54, 1.807) is 6.92 Å². The largest absolute Gasteiger partial charge is 0.466 e. The lowest BCUT2D eigenvalue weighted by molar-refractivity contribution is -0.136. The molecule has 1 fully saturated rings. The summed E-state index contributed by atoms with van der Waals surface area (Å²) in [6, 6.07) is 0. The van der Waals surface area contributed by atoms with Gasteiger partial charge in [-0.05, 0) is 32.2 Å². The molecule has 0 radical (unpaired) electrons. The Morgan fingerprint density at radius 1 is 1.62 bits per heavy atom. The van der Waals surface area contributed by atoms with Gasteiger partial charge in [0.2, 0.25) is 0 Å². The highest BCUT2D eigenvalue weighted by Crippen LogP contribution is 2.15. The van der Waals surface area contributed by atoms with Crippen molar-refractivity contribution in [2.75, 3.05) is 33.4 Å². The Bertz CT molecular complexity index is 263. The van der Waals surface area contributed by atoms with Gasteiger partial charge in [-0.15, -0.1) is 0 Å². The van der Waals surface area contributed by atoms with Crippen LogP contribution in [-0.2, 0) is 9.53 Å². The number of methoxy groups -OCH3 is 1. The highest BCUT2D eigenvalue weighted by Gasteiger charge is 2.18. The molecular formula is C12H21NO3. The summed E-state index contributed by atoms with van der Waals surface area (Å²) in [5, 5.41) is 9.10. The average Bonchev–Trinajstić information content (AvgIpc) is 2.35. The van der Waals surface area contributed by atoms with Gasteiger partial charge in [0.25, 0.3) is 0 Å². The van der Waals surface area contributed by atoms with Crippen LogP contribution in [0.5, 0.6) is 0 Å². The van der Waals surface area contributed by atoms with E-state index in [9.17, 15) is 4.79 Å². The van der Waals surface area contributed by atoms with Crippen molar-refractivity contribution < 1.29 is 14.6 Å². The van der Waals surface area contributed by atoms with E-state index >= 15 is 0 Å². The van der Waals surface area contributed by atoms with Crippen molar-refractivity contribution >= 4 is 5.97 Å². The summed E-state index contributed by atoms with van der Waals surface area (Å²) >= 11 is 0. The molecule has 1 rings (SSSR count). The van der Waals surface area contributed by atoms with Gasteiger partial charge >= 0.3 is 5.97 Å². The molecular weight excluding hydrogens is 206 g/mol. The third-order valence-electron chi connectivity index (χ3n) is 3.02. The average molecular weight is 227 g/mol. The Labute approximate surface area is 96.9 Å². The molecule has 1 heterocycles. The maximum atomic E-state index is 11.2. The minimum atomic E-state index is -0.268. The van der Waals surface area contributed by atoms with Gasteiger partial charge in [-0.25, -0.2) is 4.79 Å². The number of aliphatic hydroxyl groups is 1. The Balaban J connectivity index is 2.39. The van der Waals surface area contributed by atoms with Crippen LogP contribution in [0, 0.1) is 5.92 Å². The van der Waals surface area contributed by atoms with Gasteiger partial charge in [0.05, 0.1) is 7.11 Å². The second-order valence-corrected chi connectivity index (χ2v) is 4.33. The van der Waals surface area contributed by atoms with Crippen LogP contribution in [-0.4, -0.2) is 49.3 Å². The summed E-state index contributed by atoms with van der Waals surface area (Å²) in [6.07, 6.45) is 4.12. The van der Waals surface area contributed by atoms with E-state index in [-0.39, 0.29) is 12.6 Å². The number of piperidine rings is 1. The summed E-state index contributed by atoms with van der Waals surface area (Å²) in [7, 11) is 1.39. The zero-order valence-electron chi connectivity index (χ0n) is 10.1. The van der Waals surface area contributed by atoms with Crippen molar-refractivity contribution in [2.45, 2.75) is 19.8 Å². The van der Waals surface area contributed by atoms with Crippen LogP contribution < -0.4 is 0 Å². The van der Waals surface area contributed by atoms with E-state index in [4.69, 9.17) is 5.11 Å². The fourth-order valence-corrected chi connectivity index (χ4v) is 1.98. The summed E-state index contributed by atoms with van der Waals surface area (Å²) in [5.41, 5.74) is 0.647. The number of aliphatic hydroxyl groups excluding tert-OH is 1. The number of esters is 1. The monoisotopic (exact) mass is 227 g/mol. The van der Waals surface area contributed by atoms with E-state index in [0.717, 1.165) is 32.5 Å². The minimum Gasteiger partial charge on any atom is -0.466 e. The lowest BCUT2D eigenvalue weighted by Crippen LogP contribution is -2.37. The van der Waals surface area contributed by atoms with Crippen LogP contribution >= 0.6 is 0 Å². The van der Waals surface area contributed by atoms with Crippen molar-refractivity contribution in [1.29, 1.82) is 0 Å². The quantitative estimate of drug-likeness (QED) is 0.570. The van der Waals surface area contributed by atoms with E-state index in [2.05, 4.69) is 9.64 Å². The first-order valence-corrected chi connectivity index (χ1v) is 5.75. The molecule has 1 aliphatic rings. The van der Waals surface area contributed by atoms with E-state index < -0.39 is 0 Å². The molecule has 1 atom stereocenters. The standard InChI is InChI=1S/C12H21NO3/c1-10(12(15)16-2)5-7-13-6-3-4-11(8-13)9-14/h5,11,14H,3-4,6-9H2,1-2H3. The molecule has 1 unspecified atom stereocenters. The molecule has 0 amide bonds. The molecule has 0 spiro atoms.